The molecular weight excluding hydrogens is 342 g/mol. The number of carbonyl (C=O) groups is 1. The summed E-state index contributed by atoms with van der Waals surface area (Å²) >= 11 is 0. The molecule has 0 bridgehead atoms. The maximum atomic E-state index is 11.3. The highest BCUT2D eigenvalue weighted by Gasteiger charge is 2.51. The predicted octanol–water partition coefficient (Wildman–Crippen LogP) is -3.61. The van der Waals surface area contributed by atoms with Gasteiger partial charge in [-0.1, -0.05) is 0 Å². The van der Waals surface area contributed by atoms with Gasteiger partial charge in [0.1, 0.15) is 36.6 Å². The fraction of sp³-hybridized carbons (Fsp3) is 0.929. The van der Waals surface area contributed by atoms with Gasteiger partial charge in [0.2, 0.25) is 0 Å². The molecule has 0 radical (unpaired) electrons. The number of methoxy groups -OCH3 is 1. The first-order valence-corrected chi connectivity index (χ1v) is 7.85. The second-order valence-corrected chi connectivity index (χ2v) is 6.18. The van der Waals surface area contributed by atoms with Gasteiger partial charge in [0.25, 0.3) is 0 Å². The first kappa shape index (κ1) is 20.4. The molecule has 11 heteroatoms. The van der Waals surface area contributed by atoms with Gasteiger partial charge in [0.15, 0.2) is 12.4 Å². The zero-order chi connectivity index (χ0) is 18.9. The van der Waals surface area contributed by atoms with E-state index in [4.69, 9.17) is 24.7 Å². The predicted molar refractivity (Wildman–Crippen MR) is 79.4 cm³/mol. The molecule has 0 aromatic rings. The number of aliphatic hydroxyl groups is 4. The Labute approximate surface area is 143 Å². The van der Waals surface area contributed by atoms with Crippen LogP contribution in [0.3, 0.4) is 0 Å². The Morgan fingerprint density at radius 2 is 1.76 bits per heavy atom. The van der Waals surface area contributed by atoms with Crippen molar-refractivity contribution < 1.29 is 49.3 Å². The van der Waals surface area contributed by atoms with Gasteiger partial charge in [0, 0.05) is 7.11 Å². The first-order chi connectivity index (χ1) is 11.7. The molecule has 25 heavy (non-hydrogen) atoms. The van der Waals surface area contributed by atoms with Crippen molar-refractivity contribution in [2.45, 2.75) is 68.1 Å². The third kappa shape index (κ3) is 3.94. The first-order valence-electron chi connectivity index (χ1n) is 7.85. The van der Waals surface area contributed by atoms with Crippen molar-refractivity contribution >= 4 is 5.97 Å². The Kier molecular flexibility index (Phi) is 6.70. The van der Waals surface area contributed by atoms with Crippen molar-refractivity contribution in [1.82, 2.24) is 0 Å². The van der Waals surface area contributed by atoms with Crippen LogP contribution in [0.2, 0.25) is 0 Å². The molecule has 0 aliphatic carbocycles. The molecule has 2 saturated heterocycles. The molecule has 0 spiro atoms. The molecule has 10 atom stereocenters. The summed E-state index contributed by atoms with van der Waals surface area (Å²) in [7, 11) is 1.17. The van der Waals surface area contributed by atoms with E-state index in [-0.39, 0.29) is 0 Å². The number of carboxylic acids is 1. The van der Waals surface area contributed by atoms with Crippen molar-refractivity contribution in [1.29, 1.82) is 0 Å². The molecule has 7 N–H and O–H groups in total. The van der Waals surface area contributed by atoms with Crippen molar-refractivity contribution in [3.63, 3.8) is 0 Å². The summed E-state index contributed by atoms with van der Waals surface area (Å²) < 4.78 is 20.9. The largest absolute Gasteiger partial charge is 0.479 e. The third-order valence-corrected chi connectivity index (χ3v) is 4.56. The van der Waals surface area contributed by atoms with E-state index >= 15 is 0 Å². The molecule has 0 aromatic carbocycles. The minimum absolute atomic E-state index is 0.488. The molecule has 2 heterocycles. The van der Waals surface area contributed by atoms with Gasteiger partial charge < -0.3 is 50.2 Å². The summed E-state index contributed by atoms with van der Waals surface area (Å²) in [5, 5.41) is 49.0. The van der Waals surface area contributed by atoms with Gasteiger partial charge in [-0.2, -0.15) is 0 Å². The maximum absolute atomic E-state index is 11.3. The van der Waals surface area contributed by atoms with E-state index in [1.54, 1.807) is 6.92 Å². The number of nitrogens with two attached hydrogens (primary N) is 1. The van der Waals surface area contributed by atoms with Crippen LogP contribution in [0.25, 0.3) is 0 Å². The van der Waals surface area contributed by atoms with Crippen LogP contribution in [0.1, 0.15) is 6.92 Å². The number of rotatable bonds is 5. The monoisotopic (exact) mass is 367 g/mol. The fourth-order valence-corrected chi connectivity index (χ4v) is 3.04. The lowest BCUT2D eigenvalue weighted by Crippen LogP contribution is -2.66. The Morgan fingerprint density at radius 1 is 1.12 bits per heavy atom. The van der Waals surface area contributed by atoms with Gasteiger partial charge in [-0.15, -0.1) is 0 Å². The Hall–Kier alpha value is -0.890. The molecule has 0 aromatic heterocycles. The molecule has 2 aliphatic rings. The number of ether oxygens (including phenoxy) is 4. The molecule has 2 aliphatic heterocycles. The fourth-order valence-electron chi connectivity index (χ4n) is 3.04. The lowest BCUT2D eigenvalue weighted by molar-refractivity contribution is -0.326. The van der Waals surface area contributed by atoms with Crippen LogP contribution < -0.4 is 5.73 Å². The van der Waals surface area contributed by atoms with Crippen LogP contribution >= 0.6 is 0 Å². The molecule has 2 fully saturated rings. The van der Waals surface area contributed by atoms with E-state index in [0.29, 0.717) is 0 Å². The van der Waals surface area contributed by atoms with E-state index in [2.05, 4.69) is 0 Å². The quantitative estimate of drug-likeness (QED) is 0.282. The molecule has 146 valence electrons. The Morgan fingerprint density at radius 3 is 2.28 bits per heavy atom. The molecule has 2 rings (SSSR count). The van der Waals surface area contributed by atoms with Crippen LogP contribution in [-0.2, 0) is 23.7 Å². The molecule has 0 saturated carbocycles. The maximum Gasteiger partial charge on any atom is 0.335 e. The number of hydrogen-bond donors (Lipinski definition) is 6. The zero-order valence-electron chi connectivity index (χ0n) is 13.8. The van der Waals surface area contributed by atoms with Crippen molar-refractivity contribution in [3.05, 3.63) is 0 Å². The van der Waals surface area contributed by atoms with Gasteiger partial charge in [0.05, 0.1) is 18.8 Å². The number of aliphatic hydroxyl groups excluding tert-OH is 4. The van der Waals surface area contributed by atoms with Crippen molar-refractivity contribution in [2.24, 2.45) is 5.73 Å². The summed E-state index contributed by atoms with van der Waals surface area (Å²) in [4.78, 5) is 11.3. The summed E-state index contributed by atoms with van der Waals surface area (Å²) in [6.45, 7) is 1.13. The van der Waals surface area contributed by atoms with Crippen molar-refractivity contribution in [3.8, 4) is 0 Å². The summed E-state index contributed by atoms with van der Waals surface area (Å²) in [6, 6.07) is -0.839. The summed E-state index contributed by atoms with van der Waals surface area (Å²) in [5.74, 6) is -1.41. The van der Waals surface area contributed by atoms with Crippen LogP contribution in [0.15, 0.2) is 0 Å². The Bertz CT molecular complexity index is 465. The van der Waals surface area contributed by atoms with Gasteiger partial charge in [-0.05, 0) is 6.92 Å². The van der Waals surface area contributed by atoms with E-state index in [1.807, 2.05) is 0 Å². The van der Waals surface area contributed by atoms with Gasteiger partial charge in [-0.25, -0.2) is 4.79 Å². The molecular formula is C14H25NO10. The average molecular weight is 367 g/mol. The van der Waals surface area contributed by atoms with Gasteiger partial charge >= 0.3 is 5.97 Å². The van der Waals surface area contributed by atoms with Crippen LogP contribution in [0, 0.1) is 0 Å². The third-order valence-electron chi connectivity index (χ3n) is 4.56. The lowest BCUT2D eigenvalue weighted by Gasteiger charge is -2.46. The average Bonchev–Trinajstić information content (AvgIpc) is 2.58. The topological polar surface area (TPSA) is 181 Å². The Balaban J connectivity index is 2.17. The van der Waals surface area contributed by atoms with E-state index < -0.39 is 73.7 Å². The standard InChI is InChI=1S/C14H25NO10/c1-4-6(15)10(7(17)5(3-16)23-4)24-14-9(19)8(18)11(22-2)12(25-14)13(20)21/h4-12,14,16-19H,3,15H2,1-2H3,(H,20,21)/t4-,5?,6+,7+,8?,9-,10?,11-,12?,14+/m0/s1. The van der Waals surface area contributed by atoms with E-state index in [1.165, 1.54) is 7.11 Å². The summed E-state index contributed by atoms with van der Waals surface area (Å²) in [6.07, 6.45) is -11.7. The second kappa shape index (κ2) is 8.20. The highest BCUT2D eigenvalue weighted by Crippen LogP contribution is 2.29. The normalized spacial score (nSPS) is 48.3. The van der Waals surface area contributed by atoms with Crippen LogP contribution in [-0.4, -0.2) is 106 Å². The number of hydrogen-bond acceptors (Lipinski definition) is 10. The lowest BCUT2D eigenvalue weighted by atomic mass is 9.93. The van der Waals surface area contributed by atoms with Crippen LogP contribution in [0.5, 0.6) is 0 Å². The SMILES string of the molecule is CO[C@@H]1C(C(=O)O)O[C@@H](OC2[C@H](O)C(CO)O[C@@H](C)[C@H]2N)[C@@H](O)C1O. The van der Waals surface area contributed by atoms with E-state index in [0.717, 1.165) is 0 Å². The zero-order valence-corrected chi connectivity index (χ0v) is 13.8. The molecule has 0 amide bonds. The molecule has 11 nitrogen and oxygen atoms in total. The van der Waals surface area contributed by atoms with Crippen molar-refractivity contribution in [2.75, 3.05) is 13.7 Å². The highest BCUT2D eigenvalue weighted by molar-refractivity contribution is 5.73. The smallest absolute Gasteiger partial charge is 0.335 e. The van der Waals surface area contributed by atoms with E-state index in [9.17, 15) is 30.3 Å². The highest BCUT2D eigenvalue weighted by atomic mass is 16.7. The number of aliphatic carboxylic acids is 1. The minimum atomic E-state index is -1.63. The van der Waals surface area contributed by atoms with Gasteiger partial charge in [-0.3, -0.25) is 0 Å². The summed E-state index contributed by atoms with van der Waals surface area (Å²) in [5.41, 5.74) is 5.94. The number of carboxylic acid groups (broad SMARTS) is 1. The molecule has 4 unspecified atom stereocenters. The minimum Gasteiger partial charge on any atom is -0.479 e. The second-order valence-electron chi connectivity index (χ2n) is 6.18. The van der Waals surface area contributed by atoms with Crippen LogP contribution in [0.4, 0.5) is 0 Å².